The number of nitrogens with zero attached hydrogens (tertiary/aromatic N) is 3. The van der Waals surface area contributed by atoms with Crippen LogP contribution >= 0.6 is 0 Å². The molecule has 0 aliphatic rings. The smallest absolute Gasteiger partial charge is 0.373 e. The predicted molar refractivity (Wildman–Crippen MR) is 48.4 cm³/mol. The van der Waals surface area contributed by atoms with Gasteiger partial charge in [0.05, 0.1) is 13.7 Å². The van der Waals surface area contributed by atoms with Gasteiger partial charge in [0.25, 0.3) is 0 Å². The minimum atomic E-state index is -0.669. The zero-order valence-electron chi connectivity index (χ0n) is 7.84. The summed E-state index contributed by atoms with van der Waals surface area (Å²) in [5.41, 5.74) is 7.99. The van der Waals surface area contributed by atoms with Crippen molar-refractivity contribution in [2.75, 3.05) is 13.7 Å². The third-order valence-corrected chi connectivity index (χ3v) is 1.54. The van der Waals surface area contributed by atoms with E-state index in [1.165, 1.54) is 19.2 Å². The number of Topliss-reactive ketones (excluding diaryl/α,β-unsaturated/α-hetero) is 1. The molecular weight excluding hydrogens is 202 g/mol. The summed E-state index contributed by atoms with van der Waals surface area (Å²) in [5, 5.41) is 3.08. The molecule has 1 aromatic heterocycles. The Morgan fingerprint density at radius 1 is 1.53 bits per heavy atom. The monoisotopic (exact) mass is 209 g/mol. The lowest BCUT2D eigenvalue weighted by atomic mass is 10.3. The Labute approximate surface area is 84.3 Å². The first kappa shape index (κ1) is 10.8. The molecule has 0 saturated heterocycles. The number of hydrogen-bond donors (Lipinski definition) is 0. The second kappa shape index (κ2) is 4.83. The number of methoxy groups -OCH3 is 1. The van der Waals surface area contributed by atoms with E-state index in [1.54, 1.807) is 0 Å². The molecule has 78 valence electrons. The molecule has 7 nitrogen and oxygen atoms in total. The van der Waals surface area contributed by atoms with Gasteiger partial charge in [-0.1, -0.05) is 5.11 Å². The lowest BCUT2D eigenvalue weighted by Crippen LogP contribution is -2.02. The number of ketones is 1. The Hall–Kier alpha value is -2.27. The minimum Gasteiger partial charge on any atom is -0.463 e. The third kappa shape index (κ3) is 2.58. The Morgan fingerprint density at radius 2 is 2.20 bits per heavy atom. The quantitative estimate of drug-likeness (QED) is 0.246. The van der Waals surface area contributed by atoms with E-state index in [1.807, 2.05) is 0 Å². The van der Waals surface area contributed by atoms with E-state index in [2.05, 4.69) is 14.8 Å². The van der Waals surface area contributed by atoms with Crippen LogP contribution in [0.15, 0.2) is 21.7 Å². The minimum absolute atomic E-state index is 0.0391. The fraction of sp³-hybridized carbons (Fsp3) is 0.250. The van der Waals surface area contributed by atoms with E-state index in [4.69, 9.17) is 9.95 Å². The molecule has 0 aliphatic carbocycles. The fourth-order valence-electron chi connectivity index (χ4n) is 0.872. The number of rotatable bonds is 4. The number of azide groups is 1. The normalized spacial score (nSPS) is 9.13. The van der Waals surface area contributed by atoms with Crippen molar-refractivity contribution in [3.8, 4) is 0 Å². The Kier molecular flexibility index (Phi) is 3.48. The molecule has 0 N–H and O–H groups in total. The lowest BCUT2D eigenvalue weighted by Gasteiger charge is -1.93. The van der Waals surface area contributed by atoms with Crippen LogP contribution in [-0.4, -0.2) is 25.4 Å². The zero-order chi connectivity index (χ0) is 11.3. The van der Waals surface area contributed by atoms with Gasteiger partial charge >= 0.3 is 5.97 Å². The summed E-state index contributed by atoms with van der Waals surface area (Å²) >= 11 is 0. The molecular formula is C8H7N3O4. The van der Waals surface area contributed by atoms with Crippen LogP contribution in [0.25, 0.3) is 10.4 Å². The molecule has 1 heterocycles. The van der Waals surface area contributed by atoms with Gasteiger partial charge in [-0.15, -0.1) is 0 Å². The van der Waals surface area contributed by atoms with E-state index >= 15 is 0 Å². The van der Waals surface area contributed by atoms with Crippen LogP contribution in [0.5, 0.6) is 0 Å². The molecule has 0 aliphatic heterocycles. The molecule has 0 atom stereocenters. The van der Waals surface area contributed by atoms with Gasteiger partial charge in [-0.25, -0.2) is 4.79 Å². The summed E-state index contributed by atoms with van der Waals surface area (Å²) in [4.78, 5) is 24.6. The molecule has 0 fully saturated rings. The third-order valence-electron chi connectivity index (χ3n) is 1.54. The van der Waals surface area contributed by atoms with Gasteiger partial charge in [0.15, 0.2) is 5.76 Å². The van der Waals surface area contributed by atoms with E-state index in [0.29, 0.717) is 0 Å². The molecule has 0 bridgehead atoms. The van der Waals surface area contributed by atoms with E-state index in [9.17, 15) is 9.59 Å². The summed E-state index contributed by atoms with van der Waals surface area (Å²) in [5.74, 6) is -1.27. The first-order valence-corrected chi connectivity index (χ1v) is 3.91. The molecule has 0 radical (unpaired) electrons. The van der Waals surface area contributed by atoms with E-state index < -0.39 is 11.8 Å². The molecule has 0 unspecified atom stereocenters. The number of furan rings is 1. The van der Waals surface area contributed by atoms with Crippen LogP contribution in [0.2, 0.25) is 0 Å². The Balaban J connectivity index is 2.79. The Morgan fingerprint density at radius 3 is 2.80 bits per heavy atom. The van der Waals surface area contributed by atoms with Gasteiger partial charge in [-0.05, 0) is 17.7 Å². The van der Waals surface area contributed by atoms with Gasteiger partial charge in [0.1, 0.15) is 0 Å². The van der Waals surface area contributed by atoms with Crippen molar-refractivity contribution in [3.63, 3.8) is 0 Å². The van der Waals surface area contributed by atoms with Crippen molar-refractivity contribution < 1.29 is 18.7 Å². The molecule has 7 heteroatoms. The van der Waals surface area contributed by atoms with Gasteiger partial charge in [0, 0.05) is 4.91 Å². The predicted octanol–water partition coefficient (Wildman–Crippen LogP) is 1.56. The maximum atomic E-state index is 11.2. The zero-order valence-corrected chi connectivity index (χ0v) is 7.84. The first-order chi connectivity index (χ1) is 7.19. The van der Waals surface area contributed by atoms with Gasteiger partial charge in [-0.3, -0.25) is 4.79 Å². The summed E-state index contributed by atoms with van der Waals surface area (Å²) in [6.07, 6.45) is 0. The number of carbonyl (C=O) groups excluding carboxylic acids is 2. The maximum absolute atomic E-state index is 11.2. The summed E-state index contributed by atoms with van der Waals surface area (Å²) in [6.45, 7) is -0.343. The maximum Gasteiger partial charge on any atom is 0.373 e. The molecule has 1 rings (SSSR count). The van der Waals surface area contributed by atoms with Crippen LogP contribution in [0.4, 0.5) is 0 Å². The average molecular weight is 209 g/mol. The Bertz CT molecular complexity index is 431. The van der Waals surface area contributed by atoms with E-state index in [-0.39, 0.29) is 18.1 Å². The molecule has 15 heavy (non-hydrogen) atoms. The number of hydrogen-bond acceptors (Lipinski definition) is 5. The van der Waals surface area contributed by atoms with Crippen molar-refractivity contribution in [2.45, 2.75) is 0 Å². The number of esters is 1. The second-order valence-corrected chi connectivity index (χ2v) is 2.47. The number of carbonyl (C=O) groups is 2. The molecule has 1 aromatic rings. The highest BCUT2D eigenvalue weighted by Gasteiger charge is 2.14. The van der Waals surface area contributed by atoms with Crippen molar-refractivity contribution in [2.24, 2.45) is 5.11 Å². The highest BCUT2D eigenvalue weighted by atomic mass is 16.5. The van der Waals surface area contributed by atoms with Crippen molar-refractivity contribution in [1.29, 1.82) is 0 Å². The summed E-state index contributed by atoms with van der Waals surface area (Å²) < 4.78 is 9.27. The standard InChI is InChI=1S/C8H7N3O4/c1-14-8(13)7-3-2-6(15-7)5(12)4-10-11-9/h2-3H,4H2,1H3. The summed E-state index contributed by atoms with van der Waals surface area (Å²) in [7, 11) is 1.20. The molecule has 0 saturated carbocycles. The SMILES string of the molecule is COC(=O)c1ccc(C(=O)CN=[N+]=[N-])o1. The molecule has 0 amide bonds. The van der Waals surface area contributed by atoms with Crippen LogP contribution in [0.1, 0.15) is 21.1 Å². The fourth-order valence-corrected chi connectivity index (χ4v) is 0.872. The first-order valence-electron chi connectivity index (χ1n) is 3.91. The van der Waals surface area contributed by atoms with Crippen molar-refractivity contribution >= 4 is 11.8 Å². The van der Waals surface area contributed by atoms with Crippen molar-refractivity contribution in [1.82, 2.24) is 0 Å². The highest BCUT2D eigenvalue weighted by Crippen LogP contribution is 2.09. The summed E-state index contributed by atoms with van der Waals surface area (Å²) in [6, 6.07) is 2.64. The van der Waals surface area contributed by atoms with Crippen molar-refractivity contribution in [3.05, 3.63) is 34.1 Å². The van der Waals surface area contributed by atoms with Crippen LogP contribution in [0, 0.1) is 0 Å². The van der Waals surface area contributed by atoms with Gasteiger partial charge in [0.2, 0.25) is 11.5 Å². The lowest BCUT2D eigenvalue weighted by molar-refractivity contribution is 0.0563. The topological polar surface area (TPSA) is 105 Å². The van der Waals surface area contributed by atoms with E-state index in [0.717, 1.165) is 0 Å². The second-order valence-electron chi connectivity index (χ2n) is 2.47. The van der Waals surface area contributed by atoms with Crippen LogP contribution in [-0.2, 0) is 4.74 Å². The number of ether oxygens (including phenoxy) is 1. The van der Waals surface area contributed by atoms with Crippen LogP contribution in [0.3, 0.4) is 0 Å². The van der Waals surface area contributed by atoms with Crippen LogP contribution < -0.4 is 0 Å². The largest absolute Gasteiger partial charge is 0.463 e. The average Bonchev–Trinajstić information content (AvgIpc) is 2.74. The van der Waals surface area contributed by atoms with Gasteiger partial charge in [-0.2, -0.15) is 0 Å². The van der Waals surface area contributed by atoms with Gasteiger partial charge < -0.3 is 9.15 Å². The molecule has 0 aromatic carbocycles. The molecule has 0 spiro atoms. The highest BCUT2D eigenvalue weighted by molar-refractivity contribution is 5.96.